The lowest BCUT2D eigenvalue weighted by Crippen LogP contribution is -2.11. The Kier molecular flexibility index (Phi) is 6.52. The van der Waals surface area contributed by atoms with Gasteiger partial charge in [0.1, 0.15) is 12.2 Å². The Labute approximate surface area is 169 Å². The topological polar surface area (TPSA) is 97.2 Å². The molecule has 2 aromatic heterocycles. The zero-order valence-electron chi connectivity index (χ0n) is 16.3. The summed E-state index contributed by atoms with van der Waals surface area (Å²) in [7, 11) is 0. The van der Waals surface area contributed by atoms with Crippen LogP contribution in [-0.2, 0) is 6.61 Å². The van der Waals surface area contributed by atoms with E-state index in [1.54, 1.807) is 13.8 Å². The van der Waals surface area contributed by atoms with Crippen LogP contribution in [0.3, 0.4) is 0 Å². The molecule has 0 unspecified atom stereocenters. The van der Waals surface area contributed by atoms with E-state index in [0.29, 0.717) is 36.4 Å². The zero-order chi connectivity index (χ0) is 20.6. The first-order chi connectivity index (χ1) is 14.0. The first-order valence-corrected chi connectivity index (χ1v) is 9.15. The highest BCUT2D eigenvalue weighted by atomic mass is 16.5. The molecular weight excluding hydrogens is 368 g/mol. The summed E-state index contributed by atoms with van der Waals surface area (Å²) in [6.07, 6.45) is 3.76. The number of nitrogens with one attached hydrogen (secondary N) is 1. The van der Waals surface area contributed by atoms with Gasteiger partial charge in [-0.25, -0.2) is 19.7 Å². The number of pyridine rings is 1. The van der Waals surface area contributed by atoms with Gasteiger partial charge in [-0.15, -0.1) is 0 Å². The Morgan fingerprint density at radius 2 is 1.76 bits per heavy atom. The number of anilines is 1. The molecule has 7 nitrogen and oxygen atoms in total. The van der Waals surface area contributed by atoms with Crippen LogP contribution >= 0.6 is 0 Å². The number of aryl methyl sites for hydroxylation is 2. The molecule has 1 aromatic carbocycles. The predicted octanol–water partition coefficient (Wildman–Crippen LogP) is 3.89. The minimum atomic E-state index is -1.02. The summed E-state index contributed by atoms with van der Waals surface area (Å²) in [5.74, 6) is -0.0720. The second-order valence-electron chi connectivity index (χ2n) is 6.36. The summed E-state index contributed by atoms with van der Waals surface area (Å²) in [6.45, 7) is 4.25. The lowest BCUT2D eigenvalue weighted by atomic mass is 10.2. The molecule has 0 amide bonds. The minimum absolute atomic E-state index is 0.141. The molecule has 148 valence electrons. The fraction of sp³-hybridized carbons (Fsp3) is 0.182. The summed E-state index contributed by atoms with van der Waals surface area (Å²) in [5.41, 5.74) is 2.86. The first kappa shape index (κ1) is 20.0. The van der Waals surface area contributed by atoms with E-state index in [1.807, 2.05) is 60.7 Å². The summed E-state index contributed by atoms with van der Waals surface area (Å²) in [6, 6.07) is 15.5. The average molecular weight is 390 g/mol. The lowest BCUT2D eigenvalue weighted by molar-refractivity contribution is 0.0694. The molecule has 3 aromatic rings. The van der Waals surface area contributed by atoms with Gasteiger partial charge in [-0.3, -0.25) is 0 Å². The van der Waals surface area contributed by atoms with Crippen LogP contribution in [0, 0.1) is 13.8 Å². The fourth-order valence-electron chi connectivity index (χ4n) is 2.77. The number of carboxylic acid groups (broad SMARTS) is 1. The maximum absolute atomic E-state index is 11.2. The SMILES string of the molecule is Cc1nc(NCC=Cc2cccc(OCc3ccccc3)n2)nc(C)c1C(=O)O. The number of rotatable bonds is 8. The molecule has 0 radical (unpaired) electrons. The van der Waals surface area contributed by atoms with E-state index < -0.39 is 5.97 Å². The van der Waals surface area contributed by atoms with Gasteiger partial charge in [-0.1, -0.05) is 42.5 Å². The molecule has 0 aliphatic carbocycles. The monoisotopic (exact) mass is 390 g/mol. The van der Waals surface area contributed by atoms with Gasteiger partial charge >= 0.3 is 5.97 Å². The van der Waals surface area contributed by atoms with Gasteiger partial charge in [0.2, 0.25) is 11.8 Å². The van der Waals surface area contributed by atoms with E-state index in [-0.39, 0.29) is 5.56 Å². The van der Waals surface area contributed by atoms with Crippen LogP contribution in [0.15, 0.2) is 54.6 Å². The Hall–Kier alpha value is -3.74. The molecule has 3 rings (SSSR count). The molecule has 2 N–H and O–H groups in total. The van der Waals surface area contributed by atoms with Crippen LogP contribution in [-0.4, -0.2) is 32.6 Å². The number of aromatic carboxylic acids is 1. The number of benzene rings is 1. The number of nitrogens with zero attached hydrogens (tertiary/aromatic N) is 3. The van der Waals surface area contributed by atoms with Crippen LogP contribution in [0.4, 0.5) is 5.95 Å². The quantitative estimate of drug-likeness (QED) is 0.602. The third-order valence-electron chi connectivity index (χ3n) is 4.13. The highest BCUT2D eigenvalue weighted by Crippen LogP contribution is 2.13. The van der Waals surface area contributed by atoms with E-state index in [2.05, 4.69) is 20.3 Å². The second-order valence-corrected chi connectivity index (χ2v) is 6.36. The van der Waals surface area contributed by atoms with Crippen LogP contribution < -0.4 is 10.1 Å². The third-order valence-corrected chi connectivity index (χ3v) is 4.13. The predicted molar refractivity (Wildman–Crippen MR) is 111 cm³/mol. The highest BCUT2D eigenvalue weighted by Gasteiger charge is 2.14. The Morgan fingerprint density at radius 3 is 2.45 bits per heavy atom. The van der Waals surface area contributed by atoms with Crippen molar-refractivity contribution >= 4 is 18.0 Å². The summed E-state index contributed by atoms with van der Waals surface area (Å²) in [4.78, 5) is 24.0. The summed E-state index contributed by atoms with van der Waals surface area (Å²) >= 11 is 0. The molecule has 0 fully saturated rings. The van der Waals surface area contributed by atoms with E-state index in [1.165, 1.54) is 0 Å². The molecule has 0 saturated carbocycles. The fourth-order valence-corrected chi connectivity index (χ4v) is 2.77. The number of carboxylic acids is 1. The van der Waals surface area contributed by atoms with Crippen molar-refractivity contribution in [2.24, 2.45) is 0 Å². The molecule has 0 atom stereocenters. The van der Waals surface area contributed by atoms with Crippen molar-refractivity contribution in [1.29, 1.82) is 0 Å². The largest absolute Gasteiger partial charge is 0.478 e. The van der Waals surface area contributed by atoms with Gasteiger partial charge < -0.3 is 15.2 Å². The smallest absolute Gasteiger partial charge is 0.339 e. The number of aromatic nitrogens is 3. The van der Waals surface area contributed by atoms with E-state index in [4.69, 9.17) is 4.74 Å². The minimum Gasteiger partial charge on any atom is -0.478 e. The maximum atomic E-state index is 11.2. The van der Waals surface area contributed by atoms with Gasteiger partial charge in [-0.2, -0.15) is 0 Å². The van der Waals surface area contributed by atoms with Crippen molar-refractivity contribution in [3.63, 3.8) is 0 Å². The van der Waals surface area contributed by atoms with Gasteiger partial charge in [0.05, 0.1) is 17.1 Å². The molecule has 0 saturated heterocycles. The molecular formula is C22H22N4O3. The van der Waals surface area contributed by atoms with Gasteiger partial charge in [0.25, 0.3) is 0 Å². The van der Waals surface area contributed by atoms with E-state index >= 15 is 0 Å². The van der Waals surface area contributed by atoms with Gasteiger partial charge in [0, 0.05) is 12.6 Å². The van der Waals surface area contributed by atoms with Crippen molar-refractivity contribution in [2.75, 3.05) is 11.9 Å². The Balaban J connectivity index is 1.56. The number of hydrogen-bond acceptors (Lipinski definition) is 6. The number of ether oxygens (including phenoxy) is 1. The van der Waals surface area contributed by atoms with Crippen molar-refractivity contribution in [2.45, 2.75) is 20.5 Å². The van der Waals surface area contributed by atoms with Crippen LogP contribution in [0.25, 0.3) is 6.08 Å². The molecule has 29 heavy (non-hydrogen) atoms. The van der Waals surface area contributed by atoms with Gasteiger partial charge in [-0.05, 0) is 31.6 Å². The number of carbonyl (C=O) groups is 1. The van der Waals surface area contributed by atoms with Crippen LogP contribution in [0.1, 0.15) is 33.0 Å². The average Bonchev–Trinajstić information content (AvgIpc) is 2.70. The second kappa shape index (κ2) is 9.45. The molecule has 0 bridgehead atoms. The van der Waals surface area contributed by atoms with E-state index in [9.17, 15) is 9.90 Å². The van der Waals surface area contributed by atoms with Gasteiger partial charge in [0.15, 0.2) is 0 Å². The van der Waals surface area contributed by atoms with Crippen molar-refractivity contribution in [3.8, 4) is 5.88 Å². The Morgan fingerprint density at radius 1 is 1.03 bits per heavy atom. The normalized spacial score (nSPS) is 10.8. The zero-order valence-corrected chi connectivity index (χ0v) is 16.3. The molecule has 0 spiro atoms. The molecule has 0 aliphatic rings. The third kappa shape index (κ3) is 5.62. The van der Waals surface area contributed by atoms with Crippen molar-refractivity contribution < 1.29 is 14.6 Å². The molecule has 2 heterocycles. The summed E-state index contributed by atoms with van der Waals surface area (Å²) in [5, 5.41) is 12.2. The van der Waals surface area contributed by atoms with Crippen LogP contribution in [0.5, 0.6) is 5.88 Å². The van der Waals surface area contributed by atoms with Crippen molar-refractivity contribution in [1.82, 2.24) is 15.0 Å². The molecule has 0 aliphatic heterocycles. The van der Waals surface area contributed by atoms with E-state index in [0.717, 1.165) is 11.3 Å². The first-order valence-electron chi connectivity index (χ1n) is 9.15. The van der Waals surface area contributed by atoms with Crippen LogP contribution in [0.2, 0.25) is 0 Å². The lowest BCUT2D eigenvalue weighted by Gasteiger charge is -2.08. The summed E-state index contributed by atoms with van der Waals surface area (Å²) < 4.78 is 5.74. The highest BCUT2D eigenvalue weighted by molar-refractivity contribution is 5.90. The standard InChI is InChI=1S/C22H22N4O3/c1-15-20(21(27)28)16(2)25-22(24-15)23-13-7-11-18-10-6-12-19(26-18)29-14-17-8-4-3-5-9-17/h3-12H,13-14H2,1-2H3,(H,27,28)(H,23,24,25). The maximum Gasteiger partial charge on any atom is 0.339 e. The number of hydrogen-bond donors (Lipinski definition) is 2. The van der Waals surface area contributed by atoms with Crippen molar-refractivity contribution in [3.05, 3.63) is 82.8 Å². The molecule has 7 heteroatoms. The Bertz CT molecular complexity index is 997.